The number of fused-ring (bicyclic) bond motifs is 3. The SMILES string of the molecule is COc1ccc(CN2CN([C@@H]3OC([C@H](O)[C@H](NC(=O)CCCCCCCCCCNC(=O)OCC4c5ccccc5-c5ccccc54)C(=O)OC(C)(C)C)[C@@H](O[Si](C)(C)C(C)(C)C)[C@H]3O[Si](C)(C)C(C)(C)C)C=CC2=O)cc1. The Kier molecular flexibility index (Phi) is 21.1. The number of benzene rings is 3. The number of hydrogen-bond donors (Lipinski definition) is 3. The maximum Gasteiger partial charge on any atom is 0.407 e. The number of amides is 3. The number of aliphatic hydroxyl groups is 1. The van der Waals surface area contributed by atoms with E-state index < -0.39 is 71.0 Å². The van der Waals surface area contributed by atoms with Crippen molar-refractivity contribution < 1.29 is 52.1 Å². The molecule has 0 aromatic heterocycles. The van der Waals surface area contributed by atoms with E-state index in [1.54, 1.807) is 39.0 Å². The minimum Gasteiger partial charge on any atom is -0.497 e. The zero-order chi connectivity index (χ0) is 57.2. The van der Waals surface area contributed by atoms with E-state index in [1.165, 1.54) is 28.3 Å². The van der Waals surface area contributed by atoms with E-state index in [1.807, 2.05) is 53.4 Å². The molecule has 1 aliphatic carbocycles. The molecule has 2 aliphatic heterocycles. The summed E-state index contributed by atoms with van der Waals surface area (Å²) in [5.74, 6) is -0.603. The lowest BCUT2D eigenvalue weighted by Gasteiger charge is -2.45. The van der Waals surface area contributed by atoms with Crippen LogP contribution in [0, 0.1) is 0 Å². The Morgan fingerprint density at radius 1 is 0.744 bits per heavy atom. The van der Waals surface area contributed by atoms with Gasteiger partial charge in [0.25, 0.3) is 0 Å². The normalized spacial score (nSPS) is 19.8. The van der Waals surface area contributed by atoms with Crippen molar-refractivity contribution in [3.8, 4) is 16.9 Å². The highest BCUT2D eigenvalue weighted by molar-refractivity contribution is 6.74. The number of hydrogen-bond acceptors (Lipinski definition) is 12. The minimum atomic E-state index is -2.67. The number of ether oxygens (including phenoxy) is 4. The molecule has 0 bridgehead atoms. The fourth-order valence-corrected chi connectivity index (χ4v) is 12.3. The van der Waals surface area contributed by atoms with Crippen LogP contribution in [0.5, 0.6) is 5.75 Å². The minimum absolute atomic E-state index is 0.0255. The van der Waals surface area contributed by atoms with Crippen molar-refractivity contribution in [2.75, 3.05) is 26.9 Å². The van der Waals surface area contributed by atoms with Crippen LogP contribution in [0.15, 0.2) is 85.1 Å². The Hall–Kier alpha value is -5.05. The third-order valence-electron chi connectivity index (χ3n) is 16.2. The number of carbonyl (C=O) groups is 4. The second-order valence-electron chi connectivity index (χ2n) is 25.4. The molecule has 3 N–H and O–H groups in total. The van der Waals surface area contributed by atoms with E-state index in [9.17, 15) is 24.3 Å². The number of rotatable bonds is 25. The lowest BCUT2D eigenvalue weighted by atomic mass is 9.98. The molecule has 3 aliphatic rings. The van der Waals surface area contributed by atoms with Gasteiger partial charge in [0, 0.05) is 37.7 Å². The number of nitrogens with zero attached hydrogens (tertiary/aromatic N) is 2. The molecule has 1 unspecified atom stereocenters. The molecule has 6 rings (SSSR count). The van der Waals surface area contributed by atoms with Crippen LogP contribution in [-0.4, -0.2) is 125 Å². The number of carbonyl (C=O) groups excluding carboxylic acids is 4. The van der Waals surface area contributed by atoms with Crippen molar-refractivity contribution in [1.29, 1.82) is 0 Å². The summed E-state index contributed by atoms with van der Waals surface area (Å²) in [5.41, 5.74) is 4.75. The van der Waals surface area contributed by atoms with Gasteiger partial charge in [0.1, 0.15) is 42.4 Å². The number of esters is 1. The summed E-state index contributed by atoms with van der Waals surface area (Å²) in [6.45, 7) is 28.0. The highest BCUT2D eigenvalue weighted by Crippen LogP contribution is 2.46. The van der Waals surface area contributed by atoms with Gasteiger partial charge in [-0.2, -0.15) is 0 Å². The fourth-order valence-electron chi connectivity index (χ4n) is 9.72. The first-order valence-corrected chi connectivity index (χ1v) is 34.1. The van der Waals surface area contributed by atoms with Crippen LogP contribution < -0.4 is 15.4 Å². The van der Waals surface area contributed by atoms with Crippen LogP contribution in [0.2, 0.25) is 36.3 Å². The summed E-state index contributed by atoms with van der Waals surface area (Å²) in [4.78, 5) is 57.9. The molecule has 0 spiro atoms. The van der Waals surface area contributed by atoms with Crippen LogP contribution in [0.25, 0.3) is 11.1 Å². The predicted octanol–water partition coefficient (Wildman–Crippen LogP) is 11.6. The molecule has 1 fully saturated rings. The van der Waals surface area contributed by atoms with Crippen LogP contribution in [0.1, 0.15) is 143 Å². The van der Waals surface area contributed by atoms with E-state index in [2.05, 4.69) is 103 Å². The first-order valence-electron chi connectivity index (χ1n) is 28.3. The van der Waals surface area contributed by atoms with Crippen molar-refractivity contribution in [3.63, 3.8) is 0 Å². The average molecular weight is 1110 g/mol. The fraction of sp³-hybridized carbons (Fsp3) is 0.607. The number of unbranched alkanes of at least 4 members (excludes halogenated alkanes) is 7. The summed E-state index contributed by atoms with van der Waals surface area (Å²) in [6, 6.07) is 22.7. The summed E-state index contributed by atoms with van der Waals surface area (Å²) in [7, 11) is -3.68. The lowest BCUT2D eigenvalue weighted by molar-refractivity contribution is -0.169. The first kappa shape index (κ1) is 62.2. The van der Waals surface area contributed by atoms with Crippen molar-refractivity contribution in [3.05, 3.63) is 102 Å². The Morgan fingerprint density at radius 3 is 1.83 bits per heavy atom. The molecule has 15 nitrogen and oxygen atoms in total. The predicted molar refractivity (Wildman–Crippen MR) is 311 cm³/mol. The molecule has 3 aromatic rings. The quantitative estimate of drug-likeness (QED) is 0.0417. The van der Waals surface area contributed by atoms with Crippen molar-refractivity contribution in [2.45, 2.75) is 211 Å². The van der Waals surface area contributed by atoms with Crippen molar-refractivity contribution in [2.24, 2.45) is 0 Å². The van der Waals surface area contributed by atoms with Gasteiger partial charge in [-0.25, -0.2) is 9.59 Å². The van der Waals surface area contributed by atoms with Gasteiger partial charge in [-0.3, -0.25) is 9.59 Å². The Balaban J connectivity index is 1.06. The number of alkyl carbamates (subject to hydrolysis) is 1. The van der Waals surface area contributed by atoms with E-state index >= 15 is 0 Å². The van der Waals surface area contributed by atoms with E-state index in [0.29, 0.717) is 31.9 Å². The van der Waals surface area contributed by atoms with Crippen LogP contribution in [0.3, 0.4) is 0 Å². The number of nitrogens with one attached hydrogen (secondary N) is 2. The van der Waals surface area contributed by atoms with Crippen molar-refractivity contribution in [1.82, 2.24) is 20.4 Å². The Labute approximate surface area is 467 Å². The summed E-state index contributed by atoms with van der Waals surface area (Å²) < 4.78 is 38.6. The standard InChI is InChI=1S/C61H92N4O11Si2/c1-59(2,3)74-57(69)51(63-49(66)31-21-19-17-15-16-18-20-26-37-62-58(70)72-40-48-46-29-24-22-27-44(46)45-28-23-25-30-47(45)48)52(68)53-54(75-77(11,12)60(4,5)6)55(76-78(13,14)61(7,8)9)56(73-53)64-38-36-50(67)65(41-64)39-42-32-34-43(71-10)35-33-42/h22-25,27-30,32-36,38,48,51-56,68H,15-21,26,31,37,39-41H2,1-14H3,(H,62,70)(H,63,66)/t51-,52+,53?,54+,55+,56+/m0/s1. The monoisotopic (exact) mass is 1110 g/mol. The van der Waals surface area contributed by atoms with Crippen LogP contribution in [0.4, 0.5) is 4.79 Å². The Morgan fingerprint density at radius 2 is 1.28 bits per heavy atom. The average Bonchev–Trinajstić information content (AvgIpc) is 3.87. The van der Waals surface area contributed by atoms with Crippen LogP contribution in [-0.2, 0) is 44.0 Å². The zero-order valence-electron chi connectivity index (χ0n) is 49.2. The Bertz CT molecular complexity index is 2470. The number of methoxy groups -OCH3 is 1. The van der Waals surface area contributed by atoms with Gasteiger partial charge < -0.3 is 53.3 Å². The van der Waals surface area contributed by atoms with Crippen molar-refractivity contribution >= 4 is 40.5 Å². The summed E-state index contributed by atoms with van der Waals surface area (Å²) in [5, 5.41) is 18.0. The molecule has 3 amide bonds. The third kappa shape index (κ3) is 16.3. The second-order valence-corrected chi connectivity index (χ2v) is 34.9. The topological polar surface area (TPSA) is 174 Å². The largest absolute Gasteiger partial charge is 0.497 e. The molecule has 78 heavy (non-hydrogen) atoms. The maximum absolute atomic E-state index is 14.3. The molecule has 430 valence electrons. The van der Waals surface area contributed by atoms with Gasteiger partial charge in [0.2, 0.25) is 11.8 Å². The smallest absolute Gasteiger partial charge is 0.407 e. The molecular weight excluding hydrogens is 1020 g/mol. The molecule has 2 heterocycles. The molecule has 1 saturated heterocycles. The summed E-state index contributed by atoms with van der Waals surface area (Å²) in [6.07, 6.45) is 4.93. The highest BCUT2D eigenvalue weighted by Gasteiger charge is 2.58. The van der Waals surface area contributed by atoms with Gasteiger partial charge in [-0.15, -0.1) is 0 Å². The molecule has 0 radical (unpaired) electrons. The maximum atomic E-state index is 14.3. The zero-order valence-corrected chi connectivity index (χ0v) is 51.2. The van der Waals surface area contributed by atoms with Gasteiger partial charge >= 0.3 is 12.1 Å². The van der Waals surface area contributed by atoms with E-state index in [0.717, 1.165) is 50.5 Å². The first-order chi connectivity index (χ1) is 36.6. The van der Waals surface area contributed by atoms with E-state index in [4.69, 9.17) is 27.8 Å². The highest BCUT2D eigenvalue weighted by atomic mass is 28.4. The van der Waals surface area contributed by atoms with Gasteiger partial charge in [-0.1, -0.05) is 141 Å². The molecule has 17 heteroatoms. The molecule has 3 aromatic carbocycles. The molecule has 6 atom stereocenters. The van der Waals surface area contributed by atoms with Gasteiger partial charge in [0.15, 0.2) is 28.9 Å². The van der Waals surface area contributed by atoms with Crippen LogP contribution >= 0.6 is 0 Å². The summed E-state index contributed by atoms with van der Waals surface area (Å²) >= 11 is 0. The van der Waals surface area contributed by atoms with Gasteiger partial charge in [-0.05, 0) is 110 Å². The molecular formula is C61H92N4O11Si2. The van der Waals surface area contributed by atoms with Gasteiger partial charge in [0.05, 0.1) is 13.8 Å². The molecule has 0 saturated carbocycles. The second kappa shape index (κ2) is 26.5. The number of aliphatic hydroxyl groups excluding tert-OH is 1. The third-order valence-corrected chi connectivity index (χ3v) is 25.2. The lowest BCUT2D eigenvalue weighted by Crippen LogP contribution is -2.60. The van der Waals surface area contributed by atoms with E-state index in [-0.39, 0.29) is 40.9 Å².